The van der Waals surface area contributed by atoms with Gasteiger partial charge in [0, 0.05) is 28.6 Å². The summed E-state index contributed by atoms with van der Waals surface area (Å²) >= 11 is 7.54. The number of amides is 3. The maximum atomic E-state index is 14.0. The van der Waals surface area contributed by atoms with Crippen molar-refractivity contribution in [1.82, 2.24) is 4.90 Å². The van der Waals surface area contributed by atoms with Crippen LogP contribution in [0.2, 0.25) is 5.02 Å². The molecular formula is C25H21ClFN3O2S. The van der Waals surface area contributed by atoms with E-state index in [2.05, 4.69) is 5.32 Å². The molecular weight excluding hydrogens is 461 g/mol. The highest BCUT2D eigenvalue weighted by atomic mass is 35.5. The van der Waals surface area contributed by atoms with Gasteiger partial charge in [-0.05, 0) is 48.9 Å². The highest BCUT2D eigenvalue weighted by Crippen LogP contribution is 2.54. The molecule has 0 radical (unpaired) electrons. The molecule has 1 fully saturated rings. The lowest BCUT2D eigenvalue weighted by Gasteiger charge is -2.33. The van der Waals surface area contributed by atoms with Gasteiger partial charge in [-0.2, -0.15) is 0 Å². The molecule has 8 heteroatoms. The highest BCUT2D eigenvalue weighted by molar-refractivity contribution is 8.01. The van der Waals surface area contributed by atoms with E-state index in [1.165, 1.54) is 23.9 Å². The van der Waals surface area contributed by atoms with Crippen molar-refractivity contribution < 1.29 is 14.0 Å². The van der Waals surface area contributed by atoms with Crippen LogP contribution >= 0.6 is 23.4 Å². The first kappa shape index (κ1) is 21.8. The zero-order valence-electron chi connectivity index (χ0n) is 17.8. The largest absolute Gasteiger partial charge is 0.323 e. The Balaban J connectivity index is 1.53. The van der Waals surface area contributed by atoms with Crippen molar-refractivity contribution in [3.8, 4) is 0 Å². The molecule has 3 amide bonds. The summed E-state index contributed by atoms with van der Waals surface area (Å²) in [5, 5.41) is 3.40. The Morgan fingerprint density at radius 1 is 1.15 bits per heavy atom. The number of carbonyl (C=O) groups excluding carboxylic acids is 2. The van der Waals surface area contributed by atoms with Crippen LogP contribution in [0.15, 0.2) is 66.7 Å². The molecule has 1 spiro atoms. The van der Waals surface area contributed by atoms with Gasteiger partial charge >= 0.3 is 6.03 Å². The molecule has 0 saturated carbocycles. The standard InChI is InChI=1S/C25H21ClFN3O2S/c1-16-5-10-22-21(13-16)25(23(31)29(22)15-17-6-8-19(27)9-7-17)30(11-12-33-25)24(32)28-20-4-2-3-18(26)14-20/h2-10,13-14H,11-12,15H2,1H3,(H,28,32)/t25-/m1/s1. The SMILES string of the molecule is Cc1ccc2c(c1)[C@@]1(SCCN1C(=O)Nc1cccc(Cl)c1)C(=O)N2Cc1ccc(F)cc1. The summed E-state index contributed by atoms with van der Waals surface area (Å²) < 4.78 is 13.4. The molecule has 0 bridgehead atoms. The Morgan fingerprint density at radius 3 is 2.70 bits per heavy atom. The molecule has 0 aliphatic carbocycles. The van der Waals surface area contributed by atoms with Gasteiger partial charge in [-0.25, -0.2) is 9.18 Å². The molecule has 0 unspecified atom stereocenters. The highest BCUT2D eigenvalue weighted by Gasteiger charge is 2.59. The van der Waals surface area contributed by atoms with Crippen LogP contribution in [0.4, 0.5) is 20.6 Å². The summed E-state index contributed by atoms with van der Waals surface area (Å²) in [4.78, 5) is 29.5. The molecule has 1 saturated heterocycles. The average Bonchev–Trinajstić information content (AvgIpc) is 3.32. The topological polar surface area (TPSA) is 52.7 Å². The molecule has 5 nitrogen and oxygen atoms in total. The first-order chi connectivity index (χ1) is 15.9. The number of thioether (sulfide) groups is 1. The Morgan fingerprint density at radius 2 is 1.94 bits per heavy atom. The number of hydrogen-bond donors (Lipinski definition) is 1. The second-order valence-electron chi connectivity index (χ2n) is 8.12. The van der Waals surface area contributed by atoms with Gasteiger partial charge in [-0.15, -0.1) is 11.8 Å². The third-order valence-electron chi connectivity index (χ3n) is 5.92. The lowest BCUT2D eigenvalue weighted by Crippen LogP contribution is -2.51. The summed E-state index contributed by atoms with van der Waals surface area (Å²) in [6.45, 7) is 2.69. The van der Waals surface area contributed by atoms with Gasteiger partial charge in [0.15, 0.2) is 4.87 Å². The fourth-order valence-corrected chi connectivity index (χ4v) is 6.06. The average molecular weight is 482 g/mol. The second kappa shape index (κ2) is 8.39. The summed E-state index contributed by atoms with van der Waals surface area (Å²) in [6.07, 6.45) is 0. The van der Waals surface area contributed by atoms with E-state index in [1.54, 1.807) is 46.2 Å². The van der Waals surface area contributed by atoms with E-state index in [0.29, 0.717) is 29.6 Å². The second-order valence-corrected chi connectivity index (χ2v) is 9.85. The van der Waals surface area contributed by atoms with E-state index in [-0.39, 0.29) is 17.8 Å². The van der Waals surface area contributed by atoms with Crippen LogP contribution in [0.1, 0.15) is 16.7 Å². The molecule has 0 aromatic heterocycles. The van der Waals surface area contributed by atoms with E-state index in [0.717, 1.165) is 22.4 Å². The Bertz CT molecular complexity index is 1250. The number of fused-ring (bicyclic) bond motifs is 2. The van der Waals surface area contributed by atoms with Gasteiger partial charge < -0.3 is 10.2 Å². The van der Waals surface area contributed by atoms with Crippen LogP contribution in [0, 0.1) is 12.7 Å². The van der Waals surface area contributed by atoms with E-state index in [4.69, 9.17) is 11.6 Å². The number of rotatable bonds is 3. The van der Waals surface area contributed by atoms with Crippen molar-refractivity contribution in [2.45, 2.75) is 18.3 Å². The maximum absolute atomic E-state index is 14.0. The van der Waals surface area contributed by atoms with Gasteiger partial charge in [0.05, 0.1) is 12.2 Å². The van der Waals surface area contributed by atoms with Crippen molar-refractivity contribution in [2.24, 2.45) is 0 Å². The fraction of sp³-hybridized carbons (Fsp3) is 0.200. The molecule has 5 rings (SSSR count). The lowest BCUT2D eigenvalue weighted by molar-refractivity contribution is -0.123. The first-order valence-corrected chi connectivity index (χ1v) is 11.9. The lowest BCUT2D eigenvalue weighted by atomic mass is 10.0. The monoisotopic (exact) mass is 481 g/mol. The van der Waals surface area contributed by atoms with Gasteiger partial charge in [0.25, 0.3) is 5.91 Å². The smallest absolute Gasteiger partial charge is 0.308 e. The maximum Gasteiger partial charge on any atom is 0.323 e. The number of benzene rings is 3. The van der Waals surface area contributed by atoms with Crippen molar-refractivity contribution >= 4 is 46.7 Å². The van der Waals surface area contributed by atoms with Crippen LogP contribution in [0.3, 0.4) is 0 Å². The molecule has 33 heavy (non-hydrogen) atoms. The number of hydrogen-bond acceptors (Lipinski definition) is 3. The van der Waals surface area contributed by atoms with Crippen LogP contribution in [0.5, 0.6) is 0 Å². The number of urea groups is 1. The normalized spacial score (nSPS) is 19.3. The molecule has 1 atom stereocenters. The van der Waals surface area contributed by atoms with E-state index < -0.39 is 4.87 Å². The molecule has 2 aliphatic heterocycles. The molecule has 3 aromatic rings. The van der Waals surface area contributed by atoms with Crippen LogP contribution in [0.25, 0.3) is 0 Å². The Kier molecular flexibility index (Phi) is 5.54. The van der Waals surface area contributed by atoms with Crippen LogP contribution in [-0.4, -0.2) is 29.1 Å². The third-order valence-corrected chi connectivity index (χ3v) is 7.58. The van der Waals surface area contributed by atoms with E-state index in [9.17, 15) is 14.0 Å². The molecule has 168 valence electrons. The molecule has 2 aliphatic rings. The number of carbonyl (C=O) groups is 2. The van der Waals surface area contributed by atoms with Gasteiger partial charge in [-0.1, -0.05) is 47.5 Å². The molecule has 3 aromatic carbocycles. The number of anilines is 2. The predicted octanol–water partition coefficient (Wildman–Crippen LogP) is 5.77. The predicted molar refractivity (Wildman–Crippen MR) is 130 cm³/mol. The fourth-order valence-electron chi connectivity index (χ4n) is 4.42. The van der Waals surface area contributed by atoms with Gasteiger partial charge in [-0.3, -0.25) is 9.69 Å². The minimum absolute atomic E-state index is 0.170. The van der Waals surface area contributed by atoms with Crippen molar-refractivity contribution in [3.63, 3.8) is 0 Å². The molecule has 1 N–H and O–H groups in total. The third kappa shape index (κ3) is 3.75. The van der Waals surface area contributed by atoms with Gasteiger partial charge in [0.1, 0.15) is 5.82 Å². The van der Waals surface area contributed by atoms with E-state index >= 15 is 0 Å². The van der Waals surface area contributed by atoms with Gasteiger partial charge in [0.2, 0.25) is 0 Å². The van der Waals surface area contributed by atoms with E-state index in [1.807, 2.05) is 25.1 Å². The Hall–Kier alpha value is -3.03. The number of halogens is 2. The summed E-state index contributed by atoms with van der Waals surface area (Å²) in [7, 11) is 0. The quantitative estimate of drug-likeness (QED) is 0.517. The van der Waals surface area contributed by atoms with Crippen LogP contribution in [-0.2, 0) is 16.2 Å². The van der Waals surface area contributed by atoms with Crippen molar-refractivity contribution in [3.05, 3.63) is 94.3 Å². The summed E-state index contributed by atoms with van der Waals surface area (Å²) in [5.74, 6) is 0.136. The minimum Gasteiger partial charge on any atom is -0.308 e. The minimum atomic E-state index is -1.15. The zero-order valence-corrected chi connectivity index (χ0v) is 19.4. The Labute approximate surface area is 200 Å². The zero-order chi connectivity index (χ0) is 23.2. The first-order valence-electron chi connectivity index (χ1n) is 10.5. The molecule has 2 heterocycles. The van der Waals surface area contributed by atoms with Crippen LogP contribution < -0.4 is 10.2 Å². The summed E-state index contributed by atoms with van der Waals surface area (Å²) in [5.41, 5.74) is 3.96. The number of aryl methyl sites for hydroxylation is 1. The number of nitrogens with zero attached hydrogens (tertiary/aromatic N) is 2. The van der Waals surface area contributed by atoms with Crippen molar-refractivity contribution in [1.29, 1.82) is 0 Å². The van der Waals surface area contributed by atoms with Crippen molar-refractivity contribution in [2.75, 3.05) is 22.5 Å². The summed E-state index contributed by atoms with van der Waals surface area (Å²) in [6, 6.07) is 18.5. The number of nitrogens with one attached hydrogen (secondary N) is 1.